The van der Waals surface area contributed by atoms with E-state index < -0.39 is 5.92 Å². The maximum absolute atomic E-state index is 14.8. The Morgan fingerprint density at radius 3 is 2.27 bits per heavy atom. The third kappa shape index (κ3) is 5.26. The molecule has 1 aliphatic rings. The Bertz CT molecular complexity index is 1980. The second kappa shape index (κ2) is 11.8. The topological polar surface area (TPSA) is 100 Å². The first-order valence-electron chi connectivity index (χ1n) is 15.2. The lowest BCUT2D eigenvalue weighted by Gasteiger charge is -2.31. The number of benzene rings is 4. The van der Waals surface area contributed by atoms with Crippen LogP contribution in [0.1, 0.15) is 36.8 Å². The molecule has 7 rings (SSSR count). The van der Waals surface area contributed by atoms with Crippen LogP contribution in [0.15, 0.2) is 109 Å². The van der Waals surface area contributed by atoms with Crippen LogP contribution in [-0.2, 0) is 22.6 Å². The summed E-state index contributed by atoms with van der Waals surface area (Å²) < 4.78 is 1.97. The highest BCUT2D eigenvalue weighted by molar-refractivity contribution is 6.05. The third-order valence-corrected chi connectivity index (χ3v) is 8.39. The minimum atomic E-state index is -0.747. The van der Waals surface area contributed by atoms with Crippen LogP contribution in [0.4, 0.5) is 5.69 Å². The number of carbonyl (C=O) groups is 2. The Morgan fingerprint density at radius 2 is 1.51 bits per heavy atom. The molecule has 4 aromatic carbocycles. The van der Waals surface area contributed by atoms with Crippen molar-refractivity contribution in [2.45, 2.75) is 38.8 Å². The zero-order valence-electron chi connectivity index (χ0n) is 25.2. The third-order valence-electron chi connectivity index (χ3n) is 8.39. The van der Waals surface area contributed by atoms with Gasteiger partial charge in [0.15, 0.2) is 11.6 Å². The molecule has 0 saturated carbocycles. The van der Waals surface area contributed by atoms with E-state index in [4.69, 9.17) is 0 Å². The molecule has 6 aromatic rings. The molecule has 0 radical (unpaired) electrons. The van der Waals surface area contributed by atoms with Gasteiger partial charge in [-0.1, -0.05) is 91.0 Å². The summed E-state index contributed by atoms with van der Waals surface area (Å²) in [6, 6.07) is 35.2. The van der Waals surface area contributed by atoms with E-state index in [1.165, 1.54) is 0 Å². The van der Waals surface area contributed by atoms with Crippen molar-refractivity contribution in [1.29, 1.82) is 0 Å². The van der Waals surface area contributed by atoms with E-state index in [1.807, 2.05) is 133 Å². The van der Waals surface area contributed by atoms with Gasteiger partial charge in [0, 0.05) is 30.0 Å². The molecule has 45 heavy (non-hydrogen) atoms. The van der Waals surface area contributed by atoms with E-state index in [2.05, 4.69) is 20.4 Å². The number of nitrogens with zero attached hydrogens (tertiary/aromatic N) is 6. The predicted octanol–water partition coefficient (Wildman–Crippen LogP) is 5.92. The first kappa shape index (κ1) is 28.2. The minimum Gasteiger partial charge on any atom is -0.334 e. The highest BCUT2D eigenvalue weighted by atomic mass is 16.2. The van der Waals surface area contributed by atoms with Crippen LogP contribution in [0.25, 0.3) is 28.0 Å². The standard InChI is InChI=1S/C36H33N7O2/c1-24(2)41(22-25-13-5-3-6-14-25)33(44)23-42-31-19-11-12-20-32(31)43-34(26-15-7-4-8-16-26)39-40-35(43)28(36(42)45)21-30-27-17-9-10-18-29(27)37-38-30/h3-20,24,28H,21-23H2,1-2H3,(H,37,38). The van der Waals surface area contributed by atoms with Crippen LogP contribution < -0.4 is 4.90 Å². The van der Waals surface area contributed by atoms with Gasteiger partial charge in [-0.2, -0.15) is 5.10 Å². The maximum Gasteiger partial charge on any atom is 0.243 e. The Kier molecular flexibility index (Phi) is 7.42. The fraction of sp³-hybridized carbons (Fsp3) is 0.194. The molecule has 0 saturated heterocycles. The quantitative estimate of drug-likeness (QED) is 0.236. The lowest BCUT2D eigenvalue weighted by molar-refractivity contribution is -0.133. The highest BCUT2D eigenvalue weighted by Gasteiger charge is 2.39. The summed E-state index contributed by atoms with van der Waals surface area (Å²) in [5.74, 6) is 0.0320. The van der Waals surface area contributed by atoms with Crippen LogP contribution in [0.3, 0.4) is 0 Å². The number of para-hydroxylation sites is 3. The number of carbonyl (C=O) groups excluding carboxylic acids is 2. The monoisotopic (exact) mass is 595 g/mol. The average molecular weight is 596 g/mol. The van der Waals surface area contributed by atoms with E-state index in [9.17, 15) is 9.59 Å². The molecular weight excluding hydrogens is 562 g/mol. The Morgan fingerprint density at radius 1 is 0.844 bits per heavy atom. The van der Waals surface area contributed by atoms with Crippen molar-refractivity contribution < 1.29 is 9.59 Å². The molecule has 9 heteroatoms. The zero-order valence-corrected chi connectivity index (χ0v) is 25.2. The predicted molar refractivity (Wildman–Crippen MR) is 174 cm³/mol. The molecule has 3 heterocycles. The Balaban J connectivity index is 1.34. The van der Waals surface area contributed by atoms with Gasteiger partial charge in [-0.15, -0.1) is 10.2 Å². The molecule has 9 nitrogen and oxygen atoms in total. The minimum absolute atomic E-state index is 0.0643. The molecular formula is C36H33N7O2. The van der Waals surface area contributed by atoms with Crippen molar-refractivity contribution in [2.75, 3.05) is 11.4 Å². The summed E-state index contributed by atoms with van der Waals surface area (Å²) in [4.78, 5) is 32.4. The molecule has 1 unspecified atom stereocenters. The van der Waals surface area contributed by atoms with Crippen molar-refractivity contribution in [3.8, 4) is 17.1 Å². The lowest BCUT2D eigenvalue weighted by Crippen LogP contribution is -2.46. The summed E-state index contributed by atoms with van der Waals surface area (Å²) in [5, 5.41) is 17.9. The second-order valence-electron chi connectivity index (χ2n) is 11.6. The smallest absolute Gasteiger partial charge is 0.243 e. The summed E-state index contributed by atoms with van der Waals surface area (Å²) in [6.07, 6.45) is 0.284. The van der Waals surface area contributed by atoms with Gasteiger partial charge in [0.05, 0.1) is 22.6 Å². The van der Waals surface area contributed by atoms with Crippen molar-refractivity contribution >= 4 is 28.4 Å². The van der Waals surface area contributed by atoms with E-state index in [-0.39, 0.29) is 30.8 Å². The molecule has 2 amide bonds. The van der Waals surface area contributed by atoms with Gasteiger partial charge < -0.3 is 9.80 Å². The molecule has 0 spiro atoms. The number of fused-ring (bicyclic) bond motifs is 4. The van der Waals surface area contributed by atoms with E-state index in [1.54, 1.807) is 4.90 Å². The first-order chi connectivity index (χ1) is 22.0. The highest BCUT2D eigenvalue weighted by Crippen LogP contribution is 2.38. The van der Waals surface area contributed by atoms with Crippen LogP contribution in [0, 0.1) is 0 Å². The molecule has 0 bridgehead atoms. The van der Waals surface area contributed by atoms with E-state index in [0.717, 1.165) is 33.4 Å². The molecule has 0 fully saturated rings. The summed E-state index contributed by atoms with van der Waals surface area (Å²) in [7, 11) is 0. The van der Waals surface area contributed by atoms with Gasteiger partial charge in [-0.25, -0.2) is 0 Å². The van der Waals surface area contributed by atoms with Gasteiger partial charge in [0.1, 0.15) is 12.5 Å². The van der Waals surface area contributed by atoms with Gasteiger partial charge in [-0.3, -0.25) is 19.3 Å². The number of aromatic amines is 1. The van der Waals surface area contributed by atoms with Gasteiger partial charge in [0.25, 0.3) is 0 Å². The van der Waals surface area contributed by atoms with Crippen molar-refractivity contribution in [3.63, 3.8) is 0 Å². The summed E-state index contributed by atoms with van der Waals surface area (Å²) in [5.41, 5.74) is 4.93. The molecule has 1 N–H and O–H groups in total. The van der Waals surface area contributed by atoms with Crippen molar-refractivity contribution in [1.82, 2.24) is 29.9 Å². The van der Waals surface area contributed by atoms with Crippen molar-refractivity contribution in [3.05, 3.63) is 126 Å². The molecule has 0 aliphatic carbocycles. The first-order valence-corrected chi connectivity index (χ1v) is 15.2. The van der Waals surface area contributed by atoms with E-state index in [0.29, 0.717) is 23.9 Å². The van der Waals surface area contributed by atoms with E-state index >= 15 is 0 Å². The van der Waals surface area contributed by atoms with Gasteiger partial charge in [-0.05, 0) is 37.6 Å². The molecule has 1 aliphatic heterocycles. The fourth-order valence-corrected chi connectivity index (χ4v) is 6.11. The van der Waals surface area contributed by atoms with Crippen LogP contribution in [0.5, 0.6) is 0 Å². The number of aromatic nitrogens is 5. The SMILES string of the molecule is CC(C)N(Cc1ccccc1)C(=O)CN1C(=O)C(Cc2n[nH]c3ccccc23)c2nnc(-c3ccccc3)n2-c2ccccc21. The Hall–Kier alpha value is -5.57. The molecule has 224 valence electrons. The number of nitrogens with one attached hydrogen (secondary N) is 1. The summed E-state index contributed by atoms with van der Waals surface area (Å²) >= 11 is 0. The van der Waals surface area contributed by atoms with Crippen LogP contribution in [0.2, 0.25) is 0 Å². The van der Waals surface area contributed by atoms with Gasteiger partial charge in [0.2, 0.25) is 11.8 Å². The number of rotatable bonds is 8. The number of hydrogen-bond acceptors (Lipinski definition) is 5. The molecule has 2 aromatic heterocycles. The normalized spacial score (nSPS) is 14.3. The summed E-state index contributed by atoms with van der Waals surface area (Å²) in [6.45, 7) is 4.33. The number of anilines is 1. The van der Waals surface area contributed by atoms with Gasteiger partial charge >= 0.3 is 0 Å². The number of H-pyrrole nitrogens is 1. The maximum atomic E-state index is 14.8. The number of hydrogen-bond donors (Lipinski definition) is 1. The van der Waals surface area contributed by atoms with Crippen LogP contribution >= 0.6 is 0 Å². The lowest BCUT2D eigenvalue weighted by atomic mass is 9.98. The molecule has 1 atom stereocenters. The largest absolute Gasteiger partial charge is 0.334 e. The number of amides is 2. The fourth-order valence-electron chi connectivity index (χ4n) is 6.11. The zero-order chi connectivity index (χ0) is 30.9. The van der Waals surface area contributed by atoms with Crippen LogP contribution in [-0.4, -0.2) is 54.3 Å². The average Bonchev–Trinajstić information content (AvgIpc) is 3.68. The van der Waals surface area contributed by atoms with Crippen molar-refractivity contribution in [2.24, 2.45) is 0 Å². The second-order valence-corrected chi connectivity index (χ2v) is 11.6. The Labute approximate surface area is 261 Å².